The number of esters is 1. The van der Waals surface area contributed by atoms with Gasteiger partial charge < -0.3 is 19.7 Å². The maximum absolute atomic E-state index is 12.5. The van der Waals surface area contributed by atoms with Crippen molar-refractivity contribution in [1.82, 2.24) is 0 Å². The molecule has 2 fully saturated rings. The zero-order chi connectivity index (χ0) is 19.2. The molecule has 0 amide bonds. The Kier molecular flexibility index (Phi) is 4.90. The van der Waals surface area contributed by atoms with E-state index in [2.05, 4.69) is 6.58 Å². The van der Waals surface area contributed by atoms with Gasteiger partial charge in [0.05, 0.1) is 11.2 Å². The first-order valence-electron chi connectivity index (χ1n) is 8.77. The highest BCUT2D eigenvalue weighted by molar-refractivity contribution is 5.95. The first-order valence-corrected chi connectivity index (χ1v) is 8.77. The summed E-state index contributed by atoms with van der Waals surface area (Å²) in [5.74, 6) is -1.79. The number of carbonyl (C=O) groups is 3. The molecule has 0 aliphatic carbocycles. The van der Waals surface area contributed by atoms with Crippen molar-refractivity contribution in [2.45, 2.75) is 69.5 Å². The van der Waals surface area contributed by atoms with E-state index in [0.29, 0.717) is 12.0 Å². The number of hydrogen-bond donors (Lipinski definition) is 2. The Labute approximate surface area is 151 Å². The average Bonchev–Trinajstić information content (AvgIpc) is 2.98. The molecule has 3 heterocycles. The maximum Gasteiger partial charge on any atom is 0.336 e. The Morgan fingerprint density at radius 1 is 1.23 bits per heavy atom. The minimum Gasteiger partial charge on any atom is -0.456 e. The molecule has 0 aromatic carbocycles. The second kappa shape index (κ2) is 6.72. The van der Waals surface area contributed by atoms with E-state index in [1.807, 2.05) is 0 Å². The summed E-state index contributed by atoms with van der Waals surface area (Å²) in [6.45, 7) is 7.26. The van der Waals surface area contributed by atoms with Crippen LogP contribution in [0.4, 0.5) is 0 Å². The molecule has 7 heteroatoms. The molecule has 3 rings (SSSR count). The van der Waals surface area contributed by atoms with Crippen molar-refractivity contribution in [3.8, 4) is 0 Å². The lowest BCUT2D eigenvalue weighted by molar-refractivity contribution is -0.152. The van der Waals surface area contributed by atoms with Gasteiger partial charge >= 0.3 is 5.97 Å². The molecule has 0 saturated carbocycles. The number of carbonyl (C=O) groups excluding carboxylic acids is 3. The van der Waals surface area contributed by atoms with Gasteiger partial charge in [-0.3, -0.25) is 9.59 Å². The van der Waals surface area contributed by atoms with Crippen molar-refractivity contribution in [1.29, 1.82) is 0 Å². The molecule has 3 aliphatic rings. The third-order valence-electron chi connectivity index (χ3n) is 5.46. The van der Waals surface area contributed by atoms with E-state index in [0.717, 1.165) is 0 Å². The summed E-state index contributed by atoms with van der Waals surface area (Å²) >= 11 is 0. The predicted octanol–water partition coefficient (Wildman–Crippen LogP) is 0.622. The smallest absolute Gasteiger partial charge is 0.336 e. The zero-order valence-electron chi connectivity index (χ0n) is 14.9. The van der Waals surface area contributed by atoms with Crippen molar-refractivity contribution < 1.29 is 34.1 Å². The fourth-order valence-corrected chi connectivity index (χ4v) is 3.88. The number of ether oxygens (including phenoxy) is 2. The van der Waals surface area contributed by atoms with Crippen molar-refractivity contribution >= 4 is 17.5 Å². The summed E-state index contributed by atoms with van der Waals surface area (Å²) in [6.07, 6.45) is -2.79. The van der Waals surface area contributed by atoms with Crippen LogP contribution in [0.3, 0.4) is 0 Å². The highest BCUT2D eigenvalue weighted by atomic mass is 16.6. The van der Waals surface area contributed by atoms with Crippen LogP contribution in [0.5, 0.6) is 0 Å². The molecule has 0 unspecified atom stereocenters. The Hall–Kier alpha value is -1.83. The summed E-state index contributed by atoms with van der Waals surface area (Å²) in [5, 5.41) is 20.8. The first-order chi connectivity index (χ1) is 12.1. The summed E-state index contributed by atoms with van der Waals surface area (Å²) in [4.78, 5) is 36.9. The molecule has 0 spiro atoms. The summed E-state index contributed by atoms with van der Waals surface area (Å²) in [7, 11) is 0. The normalized spacial score (nSPS) is 43.0. The van der Waals surface area contributed by atoms with E-state index < -0.39 is 41.8 Å². The third kappa shape index (κ3) is 3.39. The number of fused-ring (bicyclic) bond motifs is 4. The van der Waals surface area contributed by atoms with Crippen LogP contribution in [0, 0.1) is 5.92 Å². The van der Waals surface area contributed by atoms with E-state index in [9.17, 15) is 24.6 Å². The standard InChI is InChI=1S/C19H24O7/c1-9(2)10-4-5-11-15(22)14(25-18(11)24)8-19(3)7-13(21)17(26-19)16(23)12(20)6-10/h5,10,14-17,22-23H,1,4,6-8H2,2-3H3/b11-5+/t10-,14+,15-,16-,17-,19+/m1/s1. The second-order valence-electron chi connectivity index (χ2n) is 7.78. The van der Waals surface area contributed by atoms with Gasteiger partial charge in [-0.25, -0.2) is 4.79 Å². The summed E-state index contributed by atoms with van der Waals surface area (Å²) in [5.41, 5.74) is -0.164. The molecular weight excluding hydrogens is 340 g/mol. The number of aliphatic hydroxyl groups is 2. The van der Waals surface area contributed by atoms with Gasteiger partial charge in [0.2, 0.25) is 0 Å². The first kappa shape index (κ1) is 18.9. The fourth-order valence-electron chi connectivity index (χ4n) is 3.88. The maximum atomic E-state index is 12.5. The number of aliphatic hydroxyl groups excluding tert-OH is 2. The third-order valence-corrected chi connectivity index (χ3v) is 5.46. The van der Waals surface area contributed by atoms with Crippen LogP contribution in [-0.2, 0) is 23.9 Å². The van der Waals surface area contributed by atoms with Gasteiger partial charge in [0.15, 0.2) is 11.6 Å². The molecule has 6 atom stereocenters. The lowest BCUT2D eigenvalue weighted by Crippen LogP contribution is -2.41. The second-order valence-corrected chi connectivity index (χ2v) is 7.78. The van der Waals surface area contributed by atoms with Gasteiger partial charge in [-0.2, -0.15) is 0 Å². The van der Waals surface area contributed by atoms with Gasteiger partial charge in [-0.15, -0.1) is 0 Å². The van der Waals surface area contributed by atoms with Crippen molar-refractivity contribution in [2.24, 2.45) is 5.92 Å². The van der Waals surface area contributed by atoms with Crippen molar-refractivity contribution in [3.63, 3.8) is 0 Å². The Bertz CT molecular complexity index is 694. The monoisotopic (exact) mass is 364 g/mol. The molecule has 7 nitrogen and oxygen atoms in total. The van der Waals surface area contributed by atoms with Crippen LogP contribution in [0.25, 0.3) is 0 Å². The Morgan fingerprint density at radius 3 is 2.58 bits per heavy atom. The molecule has 0 aromatic heterocycles. The summed E-state index contributed by atoms with van der Waals surface area (Å²) in [6, 6.07) is 0. The highest BCUT2D eigenvalue weighted by Gasteiger charge is 2.51. The van der Waals surface area contributed by atoms with E-state index in [1.165, 1.54) is 0 Å². The molecular formula is C19H24O7. The largest absolute Gasteiger partial charge is 0.456 e. The topological polar surface area (TPSA) is 110 Å². The average molecular weight is 364 g/mol. The van der Waals surface area contributed by atoms with Gasteiger partial charge in [-0.05, 0) is 26.2 Å². The quantitative estimate of drug-likeness (QED) is 0.518. The van der Waals surface area contributed by atoms with Crippen LogP contribution in [0.2, 0.25) is 0 Å². The molecule has 4 bridgehead atoms. The number of hydrogen-bond acceptors (Lipinski definition) is 7. The van der Waals surface area contributed by atoms with E-state index in [-0.39, 0.29) is 36.5 Å². The molecule has 3 aliphatic heterocycles. The fraction of sp³-hybridized carbons (Fsp3) is 0.632. The van der Waals surface area contributed by atoms with Gasteiger partial charge in [0.25, 0.3) is 0 Å². The predicted molar refractivity (Wildman–Crippen MR) is 90.0 cm³/mol. The molecule has 26 heavy (non-hydrogen) atoms. The summed E-state index contributed by atoms with van der Waals surface area (Å²) < 4.78 is 11.0. The van der Waals surface area contributed by atoms with Crippen LogP contribution in [-0.4, -0.2) is 57.8 Å². The number of Topliss-reactive ketones (excluding diaryl/α,β-unsaturated/α-hetero) is 2. The molecule has 2 saturated heterocycles. The number of rotatable bonds is 1. The SMILES string of the molecule is C=C(C)[C@@H]1C/C=C2/C(=O)O[C@@H](C[C@]3(C)CC(=O)[C@@H](O3)[C@H](O)C(=O)C1)[C@@H]2O. The minimum absolute atomic E-state index is 0.0221. The minimum atomic E-state index is -1.54. The number of ketones is 2. The lowest BCUT2D eigenvalue weighted by atomic mass is 9.86. The Morgan fingerprint density at radius 2 is 1.92 bits per heavy atom. The van der Waals surface area contributed by atoms with Crippen LogP contribution in [0.15, 0.2) is 23.8 Å². The lowest BCUT2D eigenvalue weighted by Gasteiger charge is -2.28. The molecule has 142 valence electrons. The van der Waals surface area contributed by atoms with Gasteiger partial charge in [0, 0.05) is 19.3 Å². The van der Waals surface area contributed by atoms with Crippen LogP contribution in [0.1, 0.15) is 39.5 Å². The number of allylic oxidation sites excluding steroid dienone is 2. The van der Waals surface area contributed by atoms with E-state index >= 15 is 0 Å². The van der Waals surface area contributed by atoms with E-state index in [4.69, 9.17) is 9.47 Å². The Balaban J connectivity index is 1.98. The molecule has 2 N–H and O–H groups in total. The van der Waals surface area contributed by atoms with Crippen molar-refractivity contribution in [2.75, 3.05) is 0 Å². The highest BCUT2D eigenvalue weighted by Crippen LogP contribution is 2.38. The van der Waals surface area contributed by atoms with Gasteiger partial charge in [0.1, 0.15) is 24.4 Å². The van der Waals surface area contributed by atoms with Crippen LogP contribution < -0.4 is 0 Å². The molecule has 0 aromatic rings. The van der Waals surface area contributed by atoms with E-state index in [1.54, 1.807) is 19.9 Å². The van der Waals surface area contributed by atoms with Crippen LogP contribution >= 0.6 is 0 Å². The molecule has 0 radical (unpaired) electrons. The zero-order valence-corrected chi connectivity index (χ0v) is 14.9. The van der Waals surface area contributed by atoms with Gasteiger partial charge in [-0.1, -0.05) is 18.2 Å². The van der Waals surface area contributed by atoms with Crippen molar-refractivity contribution in [3.05, 3.63) is 23.8 Å².